The molecule has 1 heterocycles. The van der Waals surface area contributed by atoms with Crippen LogP contribution in [0.1, 0.15) is 54.7 Å². The normalized spacial score (nSPS) is 31.6. The van der Waals surface area contributed by atoms with E-state index in [4.69, 9.17) is 0 Å². The van der Waals surface area contributed by atoms with Crippen LogP contribution < -0.4 is 5.32 Å². The standard InChI is InChI=1S/C16H24N2O2S/c1-16(2,3)15-17-7-12(21-15)14(20)18-13-10-5-4-9(6-10)11(13)8-19/h7,9-11,13,19H,4-6,8H2,1-3H3,(H,18,20). The highest BCUT2D eigenvalue weighted by Crippen LogP contribution is 2.48. The van der Waals surface area contributed by atoms with E-state index in [0.717, 1.165) is 11.4 Å². The number of hydrogen-bond acceptors (Lipinski definition) is 4. The first-order valence-electron chi connectivity index (χ1n) is 7.78. The molecule has 2 N–H and O–H groups in total. The highest BCUT2D eigenvalue weighted by Gasteiger charge is 2.47. The van der Waals surface area contributed by atoms with Crippen LogP contribution in [-0.4, -0.2) is 28.6 Å². The van der Waals surface area contributed by atoms with Crippen molar-refractivity contribution in [2.75, 3.05) is 6.61 Å². The van der Waals surface area contributed by atoms with Gasteiger partial charge in [-0.05, 0) is 31.1 Å². The number of rotatable bonds is 3. The lowest BCUT2D eigenvalue weighted by molar-refractivity contribution is 0.0865. The van der Waals surface area contributed by atoms with E-state index in [0.29, 0.717) is 16.7 Å². The summed E-state index contributed by atoms with van der Waals surface area (Å²) in [5.41, 5.74) is -0.0245. The maximum absolute atomic E-state index is 12.5. The second kappa shape index (κ2) is 5.36. The number of carbonyl (C=O) groups excluding carboxylic acids is 1. The van der Waals surface area contributed by atoms with Gasteiger partial charge in [-0.15, -0.1) is 11.3 Å². The first-order chi connectivity index (χ1) is 9.90. The molecular formula is C16H24N2O2S. The fraction of sp³-hybridized carbons (Fsp3) is 0.750. The molecule has 4 nitrogen and oxygen atoms in total. The zero-order valence-electron chi connectivity index (χ0n) is 12.9. The van der Waals surface area contributed by atoms with Gasteiger partial charge in [0.05, 0.1) is 11.2 Å². The molecule has 4 atom stereocenters. The maximum Gasteiger partial charge on any atom is 0.263 e. The van der Waals surface area contributed by atoms with Crippen molar-refractivity contribution >= 4 is 17.2 Å². The molecule has 0 aromatic carbocycles. The van der Waals surface area contributed by atoms with Crippen molar-refractivity contribution in [1.82, 2.24) is 10.3 Å². The molecule has 2 aliphatic carbocycles. The Kier molecular flexibility index (Phi) is 3.82. The predicted octanol–water partition coefficient (Wildman–Crippen LogP) is 2.58. The quantitative estimate of drug-likeness (QED) is 0.902. The Morgan fingerprint density at radius 2 is 2.14 bits per heavy atom. The Balaban J connectivity index is 1.70. The van der Waals surface area contributed by atoms with E-state index in [1.165, 1.54) is 24.2 Å². The van der Waals surface area contributed by atoms with Crippen molar-refractivity contribution in [3.05, 3.63) is 16.1 Å². The minimum atomic E-state index is -0.0287. The highest BCUT2D eigenvalue weighted by molar-refractivity contribution is 7.13. The summed E-state index contributed by atoms with van der Waals surface area (Å²) in [4.78, 5) is 17.5. The average molecular weight is 308 g/mol. The molecule has 1 aromatic heterocycles. The van der Waals surface area contributed by atoms with Gasteiger partial charge in [0, 0.05) is 24.0 Å². The van der Waals surface area contributed by atoms with Crippen LogP contribution in [0.25, 0.3) is 0 Å². The second-order valence-electron chi connectivity index (χ2n) is 7.46. The molecule has 0 aliphatic heterocycles. The van der Waals surface area contributed by atoms with Gasteiger partial charge in [0.25, 0.3) is 5.91 Å². The molecule has 21 heavy (non-hydrogen) atoms. The van der Waals surface area contributed by atoms with Crippen molar-refractivity contribution in [2.24, 2.45) is 17.8 Å². The minimum Gasteiger partial charge on any atom is -0.396 e. The molecule has 2 fully saturated rings. The van der Waals surface area contributed by atoms with Crippen molar-refractivity contribution in [3.63, 3.8) is 0 Å². The molecule has 0 saturated heterocycles. The molecule has 116 valence electrons. The number of thiazole rings is 1. The number of nitrogens with one attached hydrogen (secondary N) is 1. The third kappa shape index (κ3) is 2.73. The Hall–Kier alpha value is -0.940. The molecule has 0 spiro atoms. The smallest absolute Gasteiger partial charge is 0.263 e. The zero-order valence-corrected chi connectivity index (χ0v) is 13.7. The number of aliphatic hydroxyl groups excluding tert-OH is 1. The van der Waals surface area contributed by atoms with E-state index < -0.39 is 0 Å². The number of amides is 1. The van der Waals surface area contributed by atoms with Gasteiger partial charge in [-0.3, -0.25) is 4.79 Å². The number of aliphatic hydroxyl groups is 1. The van der Waals surface area contributed by atoms with E-state index in [1.54, 1.807) is 6.20 Å². The van der Waals surface area contributed by atoms with Gasteiger partial charge in [-0.1, -0.05) is 20.8 Å². The SMILES string of the molecule is CC(C)(C)c1ncc(C(=O)NC2C3CCC(C3)C2CO)s1. The van der Waals surface area contributed by atoms with Crippen LogP contribution in [0.4, 0.5) is 0 Å². The average Bonchev–Trinajstić information content (AvgIpc) is 3.12. The number of aromatic nitrogens is 1. The lowest BCUT2D eigenvalue weighted by atomic mass is 9.85. The largest absolute Gasteiger partial charge is 0.396 e. The fourth-order valence-electron chi connectivity index (χ4n) is 3.85. The van der Waals surface area contributed by atoms with Crippen molar-refractivity contribution in [3.8, 4) is 0 Å². The molecule has 1 amide bonds. The van der Waals surface area contributed by atoms with Crippen LogP contribution in [0.5, 0.6) is 0 Å². The molecule has 4 unspecified atom stereocenters. The van der Waals surface area contributed by atoms with Crippen LogP contribution in [0.2, 0.25) is 0 Å². The van der Waals surface area contributed by atoms with E-state index in [1.807, 2.05) is 0 Å². The summed E-state index contributed by atoms with van der Waals surface area (Å²) in [6, 6.07) is 0.140. The molecule has 2 saturated carbocycles. The highest BCUT2D eigenvalue weighted by atomic mass is 32.1. The molecular weight excluding hydrogens is 284 g/mol. The first kappa shape index (κ1) is 15.0. The summed E-state index contributed by atoms with van der Waals surface area (Å²) in [6.07, 6.45) is 5.23. The zero-order chi connectivity index (χ0) is 15.2. The van der Waals surface area contributed by atoms with E-state index in [9.17, 15) is 9.90 Å². The van der Waals surface area contributed by atoms with E-state index in [-0.39, 0.29) is 29.9 Å². The predicted molar refractivity (Wildman–Crippen MR) is 83.5 cm³/mol. The fourth-order valence-corrected chi connectivity index (χ4v) is 4.72. The Labute approximate surface area is 130 Å². The molecule has 5 heteroatoms. The molecule has 2 bridgehead atoms. The topological polar surface area (TPSA) is 62.2 Å². The van der Waals surface area contributed by atoms with Gasteiger partial charge in [0.2, 0.25) is 0 Å². The number of fused-ring (bicyclic) bond motifs is 2. The molecule has 1 aromatic rings. The summed E-state index contributed by atoms with van der Waals surface area (Å²) in [5, 5.41) is 13.7. The third-order valence-corrected chi connectivity index (χ3v) is 6.39. The van der Waals surface area contributed by atoms with Gasteiger partial charge in [-0.2, -0.15) is 0 Å². The van der Waals surface area contributed by atoms with Gasteiger partial charge >= 0.3 is 0 Å². The Morgan fingerprint density at radius 1 is 1.43 bits per heavy atom. The second-order valence-corrected chi connectivity index (χ2v) is 8.49. The van der Waals surface area contributed by atoms with Gasteiger partial charge in [0.1, 0.15) is 4.88 Å². The van der Waals surface area contributed by atoms with Crippen LogP contribution in [0.15, 0.2) is 6.20 Å². The summed E-state index contributed by atoms with van der Waals surface area (Å²) in [7, 11) is 0. The van der Waals surface area contributed by atoms with Crippen molar-refractivity contribution in [2.45, 2.75) is 51.5 Å². The van der Waals surface area contributed by atoms with Gasteiger partial charge in [-0.25, -0.2) is 4.98 Å². The minimum absolute atomic E-state index is 0.0245. The van der Waals surface area contributed by atoms with Crippen LogP contribution in [-0.2, 0) is 5.41 Å². The monoisotopic (exact) mass is 308 g/mol. The Morgan fingerprint density at radius 3 is 2.76 bits per heavy atom. The van der Waals surface area contributed by atoms with Crippen molar-refractivity contribution in [1.29, 1.82) is 0 Å². The van der Waals surface area contributed by atoms with Crippen molar-refractivity contribution < 1.29 is 9.90 Å². The molecule has 0 radical (unpaired) electrons. The summed E-state index contributed by atoms with van der Waals surface area (Å²) >= 11 is 1.47. The third-order valence-electron chi connectivity index (χ3n) is 4.97. The Bertz CT molecular complexity index is 535. The number of carbonyl (C=O) groups is 1. The molecule has 3 rings (SSSR count). The molecule has 2 aliphatic rings. The van der Waals surface area contributed by atoms with Crippen LogP contribution >= 0.6 is 11.3 Å². The van der Waals surface area contributed by atoms with E-state index >= 15 is 0 Å². The number of nitrogens with zero attached hydrogens (tertiary/aromatic N) is 1. The van der Waals surface area contributed by atoms with Crippen LogP contribution in [0, 0.1) is 17.8 Å². The summed E-state index contributed by atoms with van der Waals surface area (Å²) in [6.45, 7) is 6.49. The summed E-state index contributed by atoms with van der Waals surface area (Å²) < 4.78 is 0. The number of hydrogen-bond donors (Lipinski definition) is 2. The van der Waals surface area contributed by atoms with Crippen LogP contribution in [0.3, 0.4) is 0 Å². The summed E-state index contributed by atoms with van der Waals surface area (Å²) in [5.74, 6) is 1.35. The lowest BCUT2D eigenvalue weighted by Gasteiger charge is -2.30. The van der Waals surface area contributed by atoms with Gasteiger partial charge in [0.15, 0.2) is 0 Å². The first-order valence-corrected chi connectivity index (χ1v) is 8.60. The lowest BCUT2D eigenvalue weighted by Crippen LogP contribution is -2.45. The maximum atomic E-state index is 12.5. The van der Waals surface area contributed by atoms with Gasteiger partial charge < -0.3 is 10.4 Å². The van der Waals surface area contributed by atoms with E-state index in [2.05, 4.69) is 31.1 Å².